The van der Waals surface area contributed by atoms with Gasteiger partial charge in [0.1, 0.15) is 0 Å². The fraction of sp³-hybridized carbons (Fsp3) is 0.562. The highest BCUT2D eigenvalue weighted by Gasteiger charge is 2.15. The molecule has 1 saturated carbocycles. The quantitative estimate of drug-likeness (QED) is 0.740. The van der Waals surface area contributed by atoms with Crippen LogP contribution in [0.2, 0.25) is 0 Å². The first kappa shape index (κ1) is 13.1. The molecule has 2 heteroatoms. The Morgan fingerprint density at radius 1 is 1.11 bits per heavy atom. The maximum atomic E-state index is 11.6. The second kappa shape index (κ2) is 7.20. The zero-order valence-electron chi connectivity index (χ0n) is 10.9. The number of esters is 1. The Bertz CT molecular complexity index is 353. The lowest BCUT2D eigenvalue weighted by Gasteiger charge is -2.21. The number of aryl methyl sites for hydroxylation is 1. The lowest BCUT2D eigenvalue weighted by Crippen LogP contribution is -2.16. The Kier molecular flexibility index (Phi) is 5.25. The standard InChI is InChI=1S/C16H22O2/c17-16(12-11-14-7-3-1-4-8-14)18-13-15-9-5-2-6-10-15/h1,3-4,7-8,15H,2,5-6,9-13H2. The van der Waals surface area contributed by atoms with Crippen LogP contribution in [0.15, 0.2) is 30.3 Å². The third-order valence-electron chi connectivity index (χ3n) is 3.67. The minimum absolute atomic E-state index is 0.0515. The summed E-state index contributed by atoms with van der Waals surface area (Å²) in [6.45, 7) is 0.633. The van der Waals surface area contributed by atoms with E-state index in [-0.39, 0.29) is 5.97 Å². The second-order valence-electron chi connectivity index (χ2n) is 5.17. The first-order valence-corrected chi connectivity index (χ1v) is 7.04. The maximum Gasteiger partial charge on any atom is 0.306 e. The molecule has 1 aromatic rings. The molecule has 0 bridgehead atoms. The van der Waals surface area contributed by atoms with Crippen molar-refractivity contribution in [2.45, 2.75) is 44.9 Å². The lowest BCUT2D eigenvalue weighted by molar-refractivity contribution is -0.145. The maximum absolute atomic E-state index is 11.6. The van der Waals surface area contributed by atoms with E-state index in [1.54, 1.807) is 0 Å². The predicted octanol–water partition coefficient (Wildman–Crippen LogP) is 3.74. The van der Waals surface area contributed by atoms with Crippen LogP contribution in [0.1, 0.15) is 44.1 Å². The van der Waals surface area contributed by atoms with Crippen LogP contribution in [-0.2, 0) is 16.0 Å². The Hall–Kier alpha value is -1.31. The van der Waals surface area contributed by atoms with Crippen molar-refractivity contribution in [3.63, 3.8) is 0 Å². The van der Waals surface area contributed by atoms with Crippen LogP contribution >= 0.6 is 0 Å². The first-order chi connectivity index (χ1) is 8.84. The molecular weight excluding hydrogens is 224 g/mol. The summed E-state index contributed by atoms with van der Waals surface area (Å²) in [5.41, 5.74) is 1.20. The highest BCUT2D eigenvalue weighted by molar-refractivity contribution is 5.69. The van der Waals surface area contributed by atoms with Gasteiger partial charge in [-0.1, -0.05) is 49.6 Å². The van der Waals surface area contributed by atoms with E-state index in [2.05, 4.69) is 12.1 Å². The van der Waals surface area contributed by atoms with E-state index in [9.17, 15) is 4.79 Å². The van der Waals surface area contributed by atoms with Crippen LogP contribution in [0.25, 0.3) is 0 Å². The van der Waals surface area contributed by atoms with Crippen LogP contribution in [-0.4, -0.2) is 12.6 Å². The molecule has 0 aliphatic heterocycles. The monoisotopic (exact) mass is 246 g/mol. The Balaban J connectivity index is 1.63. The van der Waals surface area contributed by atoms with Gasteiger partial charge >= 0.3 is 5.97 Å². The topological polar surface area (TPSA) is 26.3 Å². The number of hydrogen-bond acceptors (Lipinski definition) is 2. The number of benzene rings is 1. The minimum Gasteiger partial charge on any atom is -0.465 e. The average Bonchev–Trinajstić information content (AvgIpc) is 2.45. The van der Waals surface area contributed by atoms with E-state index in [1.807, 2.05) is 18.2 Å². The lowest BCUT2D eigenvalue weighted by atomic mass is 9.90. The molecule has 2 rings (SSSR count). The third-order valence-corrected chi connectivity index (χ3v) is 3.67. The van der Waals surface area contributed by atoms with Gasteiger partial charge in [-0.3, -0.25) is 4.79 Å². The van der Waals surface area contributed by atoms with E-state index in [4.69, 9.17) is 4.74 Å². The number of ether oxygens (including phenoxy) is 1. The van der Waals surface area contributed by atoms with Crippen molar-refractivity contribution in [3.05, 3.63) is 35.9 Å². The third kappa shape index (κ3) is 4.52. The second-order valence-corrected chi connectivity index (χ2v) is 5.17. The molecule has 2 nitrogen and oxygen atoms in total. The van der Waals surface area contributed by atoms with Crippen molar-refractivity contribution in [1.29, 1.82) is 0 Å². The summed E-state index contributed by atoms with van der Waals surface area (Å²) in [5, 5.41) is 0. The number of carbonyl (C=O) groups excluding carboxylic acids is 1. The molecule has 1 aliphatic rings. The van der Waals surface area contributed by atoms with Crippen LogP contribution in [0.3, 0.4) is 0 Å². The van der Waals surface area contributed by atoms with Crippen LogP contribution in [0.5, 0.6) is 0 Å². The molecule has 0 unspecified atom stereocenters. The van der Waals surface area contributed by atoms with Crippen LogP contribution < -0.4 is 0 Å². The van der Waals surface area contributed by atoms with Crippen molar-refractivity contribution in [1.82, 2.24) is 0 Å². The fourth-order valence-corrected chi connectivity index (χ4v) is 2.53. The molecule has 0 amide bonds. The Morgan fingerprint density at radius 3 is 2.56 bits per heavy atom. The summed E-state index contributed by atoms with van der Waals surface area (Å²) < 4.78 is 5.36. The van der Waals surface area contributed by atoms with E-state index < -0.39 is 0 Å². The molecule has 18 heavy (non-hydrogen) atoms. The largest absolute Gasteiger partial charge is 0.465 e. The molecule has 0 radical (unpaired) electrons. The molecule has 1 aliphatic carbocycles. The van der Waals surface area contributed by atoms with Gasteiger partial charge < -0.3 is 4.74 Å². The SMILES string of the molecule is O=C(CCc1ccccc1)OCC1CCCCC1. The molecule has 0 aromatic heterocycles. The van der Waals surface area contributed by atoms with Gasteiger partial charge in [-0.05, 0) is 30.7 Å². The van der Waals surface area contributed by atoms with Gasteiger partial charge in [-0.25, -0.2) is 0 Å². The number of hydrogen-bond donors (Lipinski definition) is 0. The molecule has 0 saturated heterocycles. The molecule has 0 heterocycles. The highest BCUT2D eigenvalue weighted by Crippen LogP contribution is 2.23. The van der Waals surface area contributed by atoms with Gasteiger partial charge in [0.2, 0.25) is 0 Å². The predicted molar refractivity (Wildman–Crippen MR) is 72.3 cm³/mol. The van der Waals surface area contributed by atoms with E-state index in [0.29, 0.717) is 18.9 Å². The van der Waals surface area contributed by atoms with Gasteiger partial charge in [0.25, 0.3) is 0 Å². The molecule has 0 spiro atoms. The summed E-state index contributed by atoms with van der Waals surface area (Å²) in [5.74, 6) is 0.559. The van der Waals surface area contributed by atoms with E-state index >= 15 is 0 Å². The summed E-state index contributed by atoms with van der Waals surface area (Å²) in [4.78, 5) is 11.6. The van der Waals surface area contributed by atoms with Gasteiger partial charge in [0.05, 0.1) is 6.61 Å². The van der Waals surface area contributed by atoms with Gasteiger partial charge in [-0.15, -0.1) is 0 Å². The normalized spacial score (nSPS) is 16.4. The van der Waals surface area contributed by atoms with Crippen LogP contribution in [0, 0.1) is 5.92 Å². The smallest absolute Gasteiger partial charge is 0.306 e. The van der Waals surface area contributed by atoms with E-state index in [0.717, 1.165) is 6.42 Å². The first-order valence-electron chi connectivity index (χ1n) is 7.04. The van der Waals surface area contributed by atoms with Gasteiger partial charge in [-0.2, -0.15) is 0 Å². The van der Waals surface area contributed by atoms with Gasteiger partial charge in [0.15, 0.2) is 0 Å². The molecule has 1 fully saturated rings. The molecule has 1 aromatic carbocycles. The summed E-state index contributed by atoms with van der Waals surface area (Å²) in [6.07, 6.45) is 7.68. The van der Waals surface area contributed by atoms with Crippen molar-refractivity contribution in [2.24, 2.45) is 5.92 Å². The molecule has 0 atom stereocenters. The van der Waals surface area contributed by atoms with Crippen molar-refractivity contribution >= 4 is 5.97 Å². The van der Waals surface area contributed by atoms with Crippen molar-refractivity contribution < 1.29 is 9.53 Å². The minimum atomic E-state index is -0.0515. The molecule has 98 valence electrons. The summed E-state index contributed by atoms with van der Waals surface area (Å²) in [7, 11) is 0. The van der Waals surface area contributed by atoms with Crippen molar-refractivity contribution in [3.8, 4) is 0 Å². The fourth-order valence-electron chi connectivity index (χ4n) is 2.53. The summed E-state index contributed by atoms with van der Waals surface area (Å²) in [6, 6.07) is 10.1. The Labute approximate surface area is 109 Å². The number of rotatable bonds is 5. The zero-order valence-corrected chi connectivity index (χ0v) is 10.9. The van der Waals surface area contributed by atoms with Crippen molar-refractivity contribution in [2.75, 3.05) is 6.61 Å². The number of carbonyl (C=O) groups is 1. The van der Waals surface area contributed by atoms with Crippen LogP contribution in [0.4, 0.5) is 0 Å². The summed E-state index contributed by atoms with van der Waals surface area (Å²) >= 11 is 0. The highest BCUT2D eigenvalue weighted by atomic mass is 16.5. The molecular formula is C16H22O2. The van der Waals surface area contributed by atoms with Gasteiger partial charge in [0, 0.05) is 6.42 Å². The Morgan fingerprint density at radius 2 is 1.83 bits per heavy atom. The zero-order chi connectivity index (χ0) is 12.6. The average molecular weight is 246 g/mol. The van der Waals surface area contributed by atoms with E-state index in [1.165, 1.54) is 37.7 Å². The molecule has 0 N–H and O–H groups in total.